The van der Waals surface area contributed by atoms with Crippen LogP contribution in [0.25, 0.3) is 11.3 Å². The van der Waals surface area contributed by atoms with Gasteiger partial charge in [-0.3, -0.25) is 14.9 Å². The first-order valence-electron chi connectivity index (χ1n) is 10.2. The van der Waals surface area contributed by atoms with Crippen LogP contribution in [0.3, 0.4) is 0 Å². The largest absolute Gasteiger partial charge is 0.484 e. The Morgan fingerprint density at radius 1 is 0.875 bits per heavy atom. The summed E-state index contributed by atoms with van der Waals surface area (Å²) in [5, 5.41) is 3.33. The van der Waals surface area contributed by atoms with E-state index in [0.29, 0.717) is 22.0 Å². The number of rotatable bonds is 7. The van der Waals surface area contributed by atoms with Crippen molar-refractivity contribution in [2.24, 2.45) is 0 Å². The zero-order valence-corrected chi connectivity index (χ0v) is 18.6. The molecule has 0 atom stereocenters. The molecule has 0 aliphatic heterocycles. The van der Waals surface area contributed by atoms with Gasteiger partial charge in [-0.15, -0.1) is 11.3 Å². The Morgan fingerprint density at radius 2 is 1.53 bits per heavy atom. The maximum Gasteiger partial charge on any atom is 0.264 e. The third kappa shape index (κ3) is 5.10. The highest BCUT2D eigenvalue weighted by Gasteiger charge is 2.13. The minimum atomic E-state index is -0.293. The highest BCUT2D eigenvalue weighted by Crippen LogP contribution is 2.30. The summed E-state index contributed by atoms with van der Waals surface area (Å²) < 4.78 is 5.57. The van der Waals surface area contributed by atoms with Crippen molar-refractivity contribution >= 4 is 28.2 Å². The van der Waals surface area contributed by atoms with Gasteiger partial charge in [0.1, 0.15) is 5.75 Å². The molecular formula is C26H22N2O3S. The standard InChI is InChI=1S/C26H22N2O3S/c1-17-8-10-19(11-9-17)24-18(2)32-26(28-24)27-23(29)16-31-22-14-12-21(13-15-22)25(30)20-6-4-3-5-7-20/h3-15H,16H2,1-2H3,(H,27,28,29). The molecule has 0 aliphatic rings. The van der Waals surface area contributed by atoms with Crippen molar-refractivity contribution in [3.8, 4) is 17.0 Å². The number of carbonyl (C=O) groups is 2. The second kappa shape index (κ2) is 9.58. The summed E-state index contributed by atoms with van der Waals surface area (Å²) >= 11 is 1.43. The third-order valence-corrected chi connectivity index (χ3v) is 5.78. The van der Waals surface area contributed by atoms with Crippen molar-refractivity contribution in [1.29, 1.82) is 0 Å². The van der Waals surface area contributed by atoms with Gasteiger partial charge in [0.2, 0.25) is 0 Å². The number of aryl methyl sites for hydroxylation is 2. The van der Waals surface area contributed by atoms with E-state index in [1.165, 1.54) is 16.9 Å². The Balaban J connectivity index is 1.34. The Hall–Kier alpha value is -3.77. The van der Waals surface area contributed by atoms with Crippen molar-refractivity contribution < 1.29 is 14.3 Å². The number of nitrogens with one attached hydrogen (secondary N) is 1. The molecule has 0 fully saturated rings. The summed E-state index contributed by atoms with van der Waals surface area (Å²) in [6, 6.07) is 24.0. The summed E-state index contributed by atoms with van der Waals surface area (Å²) in [6.45, 7) is 3.87. The molecular weight excluding hydrogens is 420 g/mol. The number of hydrogen-bond acceptors (Lipinski definition) is 5. The van der Waals surface area contributed by atoms with E-state index in [4.69, 9.17) is 4.74 Å². The number of anilines is 1. The molecule has 0 bridgehead atoms. The molecule has 1 heterocycles. The van der Waals surface area contributed by atoms with Gasteiger partial charge < -0.3 is 4.74 Å². The predicted octanol–water partition coefficient (Wildman–Crippen LogP) is 5.68. The highest BCUT2D eigenvalue weighted by atomic mass is 32.1. The Bertz CT molecular complexity index is 1230. The van der Waals surface area contributed by atoms with E-state index in [-0.39, 0.29) is 18.3 Å². The highest BCUT2D eigenvalue weighted by molar-refractivity contribution is 7.16. The van der Waals surface area contributed by atoms with E-state index in [1.54, 1.807) is 36.4 Å². The lowest BCUT2D eigenvalue weighted by atomic mass is 10.0. The minimum Gasteiger partial charge on any atom is -0.484 e. The number of hydrogen-bond donors (Lipinski definition) is 1. The van der Waals surface area contributed by atoms with Crippen LogP contribution in [0.4, 0.5) is 5.13 Å². The lowest BCUT2D eigenvalue weighted by molar-refractivity contribution is -0.118. The Morgan fingerprint density at radius 3 is 2.22 bits per heavy atom. The molecule has 3 aromatic carbocycles. The number of ether oxygens (including phenoxy) is 1. The lowest BCUT2D eigenvalue weighted by Gasteiger charge is -2.07. The maximum absolute atomic E-state index is 12.5. The van der Waals surface area contributed by atoms with Gasteiger partial charge in [0.25, 0.3) is 5.91 Å². The number of nitrogens with zero attached hydrogens (tertiary/aromatic N) is 1. The molecule has 0 unspecified atom stereocenters. The van der Waals surface area contributed by atoms with Crippen molar-refractivity contribution in [2.45, 2.75) is 13.8 Å². The van der Waals surface area contributed by atoms with Crippen molar-refractivity contribution in [1.82, 2.24) is 4.98 Å². The summed E-state index contributed by atoms with van der Waals surface area (Å²) in [7, 11) is 0. The molecule has 0 saturated carbocycles. The van der Waals surface area contributed by atoms with Crippen LogP contribution in [0.2, 0.25) is 0 Å². The average molecular weight is 443 g/mol. The number of aromatic nitrogens is 1. The molecule has 32 heavy (non-hydrogen) atoms. The SMILES string of the molecule is Cc1ccc(-c2nc(NC(=O)COc3ccc(C(=O)c4ccccc4)cc3)sc2C)cc1. The van der Waals surface area contributed by atoms with Gasteiger partial charge in [-0.1, -0.05) is 60.2 Å². The van der Waals surface area contributed by atoms with Gasteiger partial charge >= 0.3 is 0 Å². The van der Waals surface area contributed by atoms with Crippen LogP contribution in [0.5, 0.6) is 5.75 Å². The van der Waals surface area contributed by atoms with Gasteiger partial charge in [-0.25, -0.2) is 4.98 Å². The van der Waals surface area contributed by atoms with E-state index < -0.39 is 0 Å². The molecule has 4 rings (SSSR count). The summed E-state index contributed by atoms with van der Waals surface area (Å²) in [6.07, 6.45) is 0. The molecule has 4 aromatic rings. The van der Waals surface area contributed by atoms with E-state index >= 15 is 0 Å². The summed E-state index contributed by atoms with van der Waals surface area (Å²) in [5.41, 5.74) is 4.26. The zero-order chi connectivity index (χ0) is 22.5. The number of amides is 1. The van der Waals surface area contributed by atoms with Gasteiger partial charge in [-0.05, 0) is 38.1 Å². The number of benzene rings is 3. The molecule has 0 spiro atoms. The van der Waals surface area contributed by atoms with Gasteiger partial charge in [-0.2, -0.15) is 0 Å². The number of carbonyl (C=O) groups excluding carboxylic acids is 2. The van der Waals surface area contributed by atoms with Gasteiger partial charge in [0, 0.05) is 21.6 Å². The molecule has 160 valence electrons. The van der Waals surface area contributed by atoms with Crippen LogP contribution < -0.4 is 10.1 Å². The first kappa shape index (κ1) is 21.5. The average Bonchev–Trinajstić information content (AvgIpc) is 3.18. The van der Waals surface area contributed by atoms with Gasteiger partial charge in [0.05, 0.1) is 5.69 Å². The molecule has 0 radical (unpaired) electrons. The monoisotopic (exact) mass is 442 g/mol. The fourth-order valence-corrected chi connectivity index (χ4v) is 4.04. The van der Waals surface area contributed by atoms with Crippen LogP contribution in [0, 0.1) is 13.8 Å². The Kier molecular flexibility index (Phi) is 6.42. The quantitative estimate of drug-likeness (QED) is 0.374. The van der Waals surface area contributed by atoms with E-state index in [9.17, 15) is 9.59 Å². The fourth-order valence-electron chi connectivity index (χ4n) is 3.19. The van der Waals surface area contributed by atoms with E-state index in [1.807, 2.05) is 56.3 Å². The second-order valence-corrected chi connectivity index (χ2v) is 8.55. The minimum absolute atomic E-state index is 0.0570. The third-order valence-electron chi connectivity index (χ3n) is 4.89. The molecule has 1 N–H and O–H groups in total. The van der Waals surface area contributed by atoms with Crippen molar-refractivity contribution in [3.63, 3.8) is 0 Å². The molecule has 1 aromatic heterocycles. The van der Waals surface area contributed by atoms with Gasteiger partial charge in [0.15, 0.2) is 17.5 Å². The number of thiazole rings is 1. The molecule has 0 aliphatic carbocycles. The summed E-state index contributed by atoms with van der Waals surface area (Å²) in [5.74, 6) is 0.164. The topological polar surface area (TPSA) is 68.3 Å². The summed E-state index contributed by atoms with van der Waals surface area (Å²) in [4.78, 5) is 30.4. The van der Waals surface area contributed by atoms with E-state index in [2.05, 4.69) is 10.3 Å². The second-order valence-electron chi connectivity index (χ2n) is 7.35. The van der Waals surface area contributed by atoms with Crippen LogP contribution in [0.15, 0.2) is 78.9 Å². The van der Waals surface area contributed by atoms with Crippen LogP contribution in [-0.2, 0) is 4.79 Å². The maximum atomic E-state index is 12.5. The molecule has 0 saturated heterocycles. The fraction of sp³-hybridized carbons (Fsp3) is 0.115. The van der Waals surface area contributed by atoms with Crippen molar-refractivity contribution in [2.75, 3.05) is 11.9 Å². The van der Waals surface area contributed by atoms with Crippen molar-refractivity contribution in [3.05, 3.63) is 100 Å². The zero-order valence-electron chi connectivity index (χ0n) is 17.8. The molecule has 1 amide bonds. The predicted molar refractivity (Wildman–Crippen MR) is 127 cm³/mol. The van der Waals surface area contributed by atoms with Crippen LogP contribution in [0.1, 0.15) is 26.4 Å². The Labute approximate surface area is 190 Å². The lowest BCUT2D eigenvalue weighted by Crippen LogP contribution is -2.20. The first-order valence-corrected chi connectivity index (χ1v) is 11.0. The van der Waals surface area contributed by atoms with Crippen LogP contribution >= 0.6 is 11.3 Å². The first-order chi connectivity index (χ1) is 15.5. The van der Waals surface area contributed by atoms with E-state index in [0.717, 1.165) is 16.1 Å². The normalized spacial score (nSPS) is 10.6. The molecule has 6 heteroatoms. The smallest absolute Gasteiger partial charge is 0.264 e. The molecule has 5 nitrogen and oxygen atoms in total. The number of ketones is 1. The van der Waals surface area contributed by atoms with Crippen LogP contribution in [-0.4, -0.2) is 23.3 Å².